The highest BCUT2D eigenvalue weighted by atomic mass is 32.2. The van der Waals surface area contributed by atoms with Crippen molar-refractivity contribution in [1.82, 2.24) is 9.62 Å². The maximum Gasteiger partial charge on any atom is 0.309 e. The van der Waals surface area contributed by atoms with Crippen molar-refractivity contribution >= 4 is 28.0 Å². The summed E-state index contributed by atoms with van der Waals surface area (Å²) in [7, 11) is -3.53. The van der Waals surface area contributed by atoms with Gasteiger partial charge >= 0.3 is 5.97 Å². The predicted octanol–water partition coefficient (Wildman–Crippen LogP) is 2.30. The van der Waals surface area contributed by atoms with Crippen molar-refractivity contribution in [3.8, 4) is 0 Å². The Hall–Kier alpha value is -2.19. The highest BCUT2D eigenvalue weighted by Gasteiger charge is 2.31. The van der Waals surface area contributed by atoms with Crippen molar-refractivity contribution in [2.75, 3.05) is 19.7 Å². The highest BCUT2D eigenvalue weighted by Crippen LogP contribution is 2.22. The quantitative estimate of drug-likeness (QED) is 0.684. The molecule has 0 unspecified atom stereocenters. The van der Waals surface area contributed by atoms with Crippen LogP contribution in [0.2, 0.25) is 0 Å². The largest absolute Gasteiger partial charge is 0.455 e. The third-order valence-corrected chi connectivity index (χ3v) is 7.01. The minimum atomic E-state index is -3.53. The van der Waals surface area contributed by atoms with Crippen LogP contribution >= 0.6 is 0 Å². The lowest BCUT2D eigenvalue weighted by Gasteiger charge is -2.29. The molecule has 158 valence electrons. The first-order valence-corrected chi connectivity index (χ1v) is 11.6. The van der Waals surface area contributed by atoms with Crippen molar-refractivity contribution < 1.29 is 22.7 Å². The standard InChI is InChI=1S/C21H28N2O5S/c24-20(22-19-8-4-5-9-19)16-28-21(25)18-10-13-23(14-11-18)29(26,27)15-12-17-6-2-1-3-7-17/h1-3,6-7,12,15,18-19H,4-5,8-11,13-14,16H2,(H,22,24)/b15-12+. The maximum atomic E-state index is 12.5. The van der Waals surface area contributed by atoms with Crippen LogP contribution in [-0.4, -0.2) is 50.3 Å². The molecule has 2 fully saturated rings. The lowest BCUT2D eigenvalue weighted by molar-refractivity contribution is -0.153. The van der Waals surface area contributed by atoms with Gasteiger partial charge in [-0.05, 0) is 37.3 Å². The van der Waals surface area contributed by atoms with Crippen LogP contribution in [0, 0.1) is 5.92 Å². The van der Waals surface area contributed by atoms with Crippen molar-refractivity contribution in [2.45, 2.75) is 44.6 Å². The molecule has 0 radical (unpaired) electrons. The average molecular weight is 421 g/mol. The van der Waals surface area contributed by atoms with Gasteiger partial charge in [0.2, 0.25) is 10.0 Å². The zero-order valence-corrected chi connectivity index (χ0v) is 17.3. The van der Waals surface area contributed by atoms with Crippen molar-refractivity contribution in [3.05, 3.63) is 41.3 Å². The van der Waals surface area contributed by atoms with Gasteiger partial charge in [-0.3, -0.25) is 9.59 Å². The Bertz CT molecular complexity index is 824. The normalized spacial score (nSPS) is 19.4. The lowest BCUT2D eigenvalue weighted by atomic mass is 9.98. The summed E-state index contributed by atoms with van der Waals surface area (Å²) in [6.45, 7) is 0.249. The van der Waals surface area contributed by atoms with Crippen molar-refractivity contribution in [2.24, 2.45) is 5.92 Å². The summed E-state index contributed by atoms with van der Waals surface area (Å²) in [5, 5.41) is 4.08. The van der Waals surface area contributed by atoms with Gasteiger partial charge in [-0.2, -0.15) is 4.31 Å². The summed E-state index contributed by atoms with van der Waals surface area (Å²) in [5.74, 6) is -1.07. The molecule has 0 aromatic heterocycles. The minimum absolute atomic E-state index is 0.193. The topological polar surface area (TPSA) is 92.8 Å². The fourth-order valence-electron chi connectivity index (χ4n) is 3.75. The summed E-state index contributed by atoms with van der Waals surface area (Å²) in [6.07, 6.45) is 6.54. The number of ether oxygens (including phenoxy) is 1. The number of hydrogen-bond donors (Lipinski definition) is 1. The molecule has 8 heteroatoms. The van der Waals surface area contributed by atoms with Gasteiger partial charge in [-0.25, -0.2) is 8.42 Å². The van der Waals surface area contributed by atoms with Crippen LogP contribution in [0.15, 0.2) is 35.7 Å². The predicted molar refractivity (Wildman–Crippen MR) is 110 cm³/mol. The smallest absolute Gasteiger partial charge is 0.309 e. The molecule has 1 aromatic rings. The Morgan fingerprint density at radius 1 is 1.07 bits per heavy atom. The van der Waals surface area contributed by atoms with Crippen LogP contribution in [0.1, 0.15) is 44.1 Å². The Morgan fingerprint density at radius 3 is 2.38 bits per heavy atom. The number of esters is 1. The molecule has 1 aromatic carbocycles. The van der Waals surface area contributed by atoms with Gasteiger partial charge in [0, 0.05) is 24.5 Å². The van der Waals surface area contributed by atoms with E-state index >= 15 is 0 Å². The van der Waals surface area contributed by atoms with Crippen LogP contribution in [0.4, 0.5) is 0 Å². The van der Waals surface area contributed by atoms with Gasteiger partial charge in [0.15, 0.2) is 6.61 Å². The first-order valence-electron chi connectivity index (χ1n) is 10.1. The molecule has 0 bridgehead atoms. The first kappa shape index (κ1) is 21.5. The zero-order valence-electron chi connectivity index (χ0n) is 16.5. The van der Waals surface area contributed by atoms with E-state index in [4.69, 9.17) is 4.74 Å². The summed E-state index contributed by atoms with van der Waals surface area (Å²) >= 11 is 0. The van der Waals surface area contributed by atoms with Crippen LogP contribution < -0.4 is 5.32 Å². The number of hydrogen-bond acceptors (Lipinski definition) is 5. The molecular weight excluding hydrogens is 392 g/mol. The SMILES string of the molecule is O=C(COC(=O)C1CCN(S(=O)(=O)/C=C/c2ccccc2)CC1)NC1CCCC1. The maximum absolute atomic E-state index is 12.5. The van der Waals surface area contributed by atoms with Gasteiger partial charge < -0.3 is 10.1 Å². The minimum Gasteiger partial charge on any atom is -0.455 e. The molecule has 3 rings (SSSR count). The fraction of sp³-hybridized carbons (Fsp3) is 0.524. The van der Waals surface area contributed by atoms with E-state index in [0.717, 1.165) is 31.2 Å². The van der Waals surface area contributed by atoms with Crippen LogP contribution in [0.5, 0.6) is 0 Å². The Balaban J connectivity index is 1.42. The van der Waals surface area contributed by atoms with Crippen LogP contribution in [-0.2, 0) is 24.3 Å². The summed E-state index contributed by atoms with van der Waals surface area (Å²) < 4.78 is 31.5. The van der Waals surface area contributed by atoms with E-state index in [1.54, 1.807) is 6.08 Å². The molecule has 2 aliphatic rings. The van der Waals surface area contributed by atoms with E-state index in [2.05, 4.69) is 5.32 Å². The number of carbonyl (C=O) groups is 2. The van der Waals surface area contributed by atoms with E-state index in [0.29, 0.717) is 12.8 Å². The molecule has 1 amide bonds. The number of piperidine rings is 1. The number of carbonyl (C=O) groups excluding carboxylic acids is 2. The molecule has 29 heavy (non-hydrogen) atoms. The van der Waals surface area contributed by atoms with Gasteiger partial charge in [0.25, 0.3) is 5.91 Å². The number of nitrogens with one attached hydrogen (secondary N) is 1. The monoisotopic (exact) mass is 420 g/mol. The van der Waals surface area contributed by atoms with Crippen molar-refractivity contribution in [3.63, 3.8) is 0 Å². The van der Waals surface area contributed by atoms with E-state index in [-0.39, 0.29) is 37.6 Å². The second-order valence-corrected chi connectivity index (χ2v) is 9.41. The zero-order chi connectivity index (χ0) is 20.7. The molecule has 0 atom stereocenters. The van der Waals surface area contributed by atoms with Crippen LogP contribution in [0.25, 0.3) is 6.08 Å². The Kier molecular flexibility index (Phi) is 7.44. The second-order valence-electron chi connectivity index (χ2n) is 7.59. The molecular formula is C21H28N2O5S. The molecule has 1 N–H and O–H groups in total. The lowest BCUT2D eigenvalue weighted by Crippen LogP contribution is -2.41. The van der Waals surface area contributed by atoms with Crippen LogP contribution in [0.3, 0.4) is 0 Å². The summed E-state index contributed by atoms with van der Waals surface area (Å²) in [5.41, 5.74) is 0.811. The molecule has 1 saturated carbocycles. The number of nitrogens with zero attached hydrogens (tertiary/aromatic N) is 1. The van der Waals surface area contributed by atoms with E-state index in [1.165, 1.54) is 9.71 Å². The second kappa shape index (κ2) is 10.0. The molecule has 1 heterocycles. The number of amides is 1. The third kappa shape index (κ3) is 6.40. The van der Waals surface area contributed by atoms with E-state index in [9.17, 15) is 18.0 Å². The van der Waals surface area contributed by atoms with E-state index in [1.807, 2.05) is 30.3 Å². The molecule has 1 saturated heterocycles. The van der Waals surface area contributed by atoms with Gasteiger partial charge in [-0.15, -0.1) is 0 Å². The van der Waals surface area contributed by atoms with E-state index < -0.39 is 16.0 Å². The fourth-order valence-corrected chi connectivity index (χ4v) is 4.98. The summed E-state index contributed by atoms with van der Waals surface area (Å²) in [4.78, 5) is 24.1. The Labute approximate surface area is 172 Å². The summed E-state index contributed by atoms with van der Waals surface area (Å²) in [6, 6.07) is 9.41. The van der Waals surface area contributed by atoms with Gasteiger partial charge in [-0.1, -0.05) is 43.2 Å². The first-order chi connectivity index (χ1) is 13.9. The number of benzene rings is 1. The third-order valence-electron chi connectivity index (χ3n) is 5.44. The average Bonchev–Trinajstić information content (AvgIpc) is 3.24. The Morgan fingerprint density at radius 2 is 1.72 bits per heavy atom. The van der Waals surface area contributed by atoms with Gasteiger partial charge in [0.1, 0.15) is 0 Å². The molecule has 1 aliphatic heterocycles. The molecule has 7 nitrogen and oxygen atoms in total. The molecule has 0 spiro atoms. The number of sulfonamides is 1. The number of rotatable bonds is 7. The van der Waals surface area contributed by atoms with Crippen molar-refractivity contribution in [1.29, 1.82) is 0 Å². The highest BCUT2D eigenvalue weighted by molar-refractivity contribution is 7.92. The van der Waals surface area contributed by atoms with Gasteiger partial charge in [0.05, 0.1) is 5.92 Å². The molecule has 1 aliphatic carbocycles.